The van der Waals surface area contributed by atoms with E-state index in [1.165, 1.54) is 0 Å². The van der Waals surface area contributed by atoms with E-state index in [9.17, 15) is 0 Å². The smallest absolute Gasteiger partial charge is 0.151 e. The minimum Gasteiger partial charge on any atom is -0.354 e. The van der Waals surface area contributed by atoms with Crippen LogP contribution in [-0.4, -0.2) is 46.3 Å². The number of likely N-dealkylation sites (N-methyl/N-ethyl adjacent to an activating group) is 1. The molecule has 1 unspecified atom stereocenters. The van der Waals surface area contributed by atoms with Crippen molar-refractivity contribution in [2.45, 2.75) is 18.9 Å². The highest BCUT2D eigenvalue weighted by Crippen LogP contribution is 2.23. The number of anilines is 2. The van der Waals surface area contributed by atoms with Gasteiger partial charge in [-0.15, -0.1) is 5.10 Å². The van der Waals surface area contributed by atoms with E-state index in [0.717, 1.165) is 48.6 Å². The second-order valence-electron chi connectivity index (χ2n) is 6.15. The average molecular weight is 320 g/mol. The quantitative estimate of drug-likeness (QED) is 0.739. The van der Waals surface area contributed by atoms with Crippen molar-refractivity contribution < 1.29 is 0 Å². The third kappa shape index (κ3) is 2.87. The SMILES string of the molecule is CN(c1cnc2ccccc2n1)C1CCCN(c2cccnn2)C1. The van der Waals surface area contributed by atoms with Gasteiger partial charge in [-0.25, -0.2) is 4.98 Å². The topological polar surface area (TPSA) is 58.0 Å². The normalized spacial score (nSPS) is 17.9. The number of fused-ring (bicyclic) bond motifs is 1. The summed E-state index contributed by atoms with van der Waals surface area (Å²) in [5, 5.41) is 8.23. The molecule has 3 heterocycles. The first-order valence-corrected chi connectivity index (χ1v) is 8.28. The fourth-order valence-corrected chi connectivity index (χ4v) is 3.25. The van der Waals surface area contributed by atoms with Gasteiger partial charge >= 0.3 is 0 Å². The predicted octanol–water partition coefficient (Wildman–Crippen LogP) is 2.53. The largest absolute Gasteiger partial charge is 0.354 e. The van der Waals surface area contributed by atoms with Crippen molar-refractivity contribution >= 4 is 22.7 Å². The summed E-state index contributed by atoms with van der Waals surface area (Å²) in [5.41, 5.74) is 1.86. The van der Waals surface area contributed by atoms with Crippen molar-refractivity contribution in [2.75, 3.05) is 29.9 Å². The van der Waals surface area contributed by atoms with Gasteiger partial charge in [0.1, 0.15) is 5.82 Å². The first-order chi connectivity index (χ1) is 11.8. The third-order valence-corrected chi connectivity index (χ3v) is 4.62. The number of piperidine rings is 1. The van der Waals surface area contributed by atoms with E-state index in [1.807, 2.05) is 42.6 Å². The van der Waals surface area contributed by atoms with Crippen molar-refractivity contribution in [1.82, 2.24) is 20.2 Å². The summed E-state index contributed by atoms with van der Waals surface area (Å²) in [6, 6.07) is 12.3. The Bertz CT molecular complexity index is 822. The van der Waals surface area contributed by atoms with Crippen LogP contribution in [0.2, 0.25) is 0 Å². The molecule has 122 valence electrons. The molecule has 1 aliphatic heterocycles. The fraction of sp³-hybridized carbons (Fsp3) is 0.333. The highest BCUT2D eigenvalue weighted by molar-refractivity contribution is 5.75. The zero-order valence-electron chi connectivity index (χ0n) is 13.7. The molecule has 0 saturated carbocycles. The predicted molar refractivity (Wildman–Crippen MR) is 95.2 cm³/mol. The second-order valence-corrected chi connectivity index (χ2v) is 6.15. The Labute approximate surface area is 141 Å². The van der Waals surface area contributed by atoms with Gasteiger partial charge in [0, 0.05) is 32.4 Å². The van der Waals surface area contributed by atoms with Gasteiger partial charge in [-0.3, -0.25) is 4.98 Å². The lowest BCUT2D eigenvalue weighted by molar-refractivity contribution is 0.482. The van der Waals surface area contributed by atoms with Crippen LogP contribution < -0.4 is 9.80 Å². The molecule has 1 aliphatic rings. The van der Waals surface area contributed by atoms with E-state index in [-0.39, 0.29) is 0 Å². The molecule has 4 rings (SSSR count). The average Bonchev–Trinajstić information content (AvgIpc) is 2.68. The van der Waals surface area contributed by atoms with Crippen LogP contribution in [0.5, 0.6) is 0 Å². The highest BCUT2D eigenvalue weighted by atomic mass is 15.3. The molecule has 0 bridgehead atoms. The molecule has 0 aliphatic carbocycles. The summed E-state index contributed by atoms with van der Waals surface area (Å²) in [4.78, 5) is 13.8. The maximum atomic E-state index is 4.77. The van der Waals surface area contributed by atoms with Gasteiger partial charge in [-0.05, 0) is 37.1 Å². The zero-order chi connectivity index (χ0) is 16.4. The van der Waals surface area contributed by atoms with Gasteiger partial charge in [-0.1, -0.05) is 12.1 Å². The molecule has 1 fully saturated rings. The van der Waals surface area contributed by atoms with Crippen molar-refractivity contribution in [3.63, 3.8) is 0 Å². The number of hydrogen-bond acceptors (Lipinski definition) is 6. The van der Waals surface area contributed by atoms with Gasteiger partial charge < -0.3 is 9.80 Å². The summed E-state index contributed by atoms with van der Waals surface area (Å²) in [7, 11) is 2.10. The Morgan fingerprint density at radius 2 is 2.00 bits per heavy atom. The Morgan fingerprint density at radius 3 is 2.83 bits per heavy atom. The third-order valence-electron chi connectivity index (χ3n) is 4.62. The standard InChI is InChI=1S/C18H20N6/c1-23(18-12-19-15-7-2-3-8-16(15)21-18)14-6-5-11-24(13-14)17-9-4-10-20-22-17/h2-4,7-10,12,14H,5-6,11,13H2,1H3. The van der Waals surface area contributed by atoms with Gasteiger partial charge in [0.25, 0.3) is 0 Å². The lowest BCUT2D eigenvalue weighted by Gasteiger charge is -2.38. The van der Waals surface area contributed by atoms with Crippen LogP contribution in [0.1, 0.15) is 12.8 Å². The van der Waals surface area contributed by atoms with Crippen LogP contribution in [0, 0.1) is 0 Å². The van der Waals surface area contributed by atoms with E-state index in [2.05, 4.69) is 32.0 Å². The molecule has 1 aromatic carbocycles. The molecule has 2 aromatic heterocycles. The molecule has 0 spiro atoms. The molecule has 6 heteroatoms. The number of hydrogen-bond donors (Lipinski definition) is 0. The molecule has 3 aromatic rings. The molecule has 0 radical (unpaired) electrons. The zero-order valence-corrected chi connectivity index (χ0v) is 13.7. The maximum Gasteiger partial charge on any atom is 0.151 e. The van der Waals surface area contributed by atoms with Crippen LogP contribution in [0.25, 0.3) is 11.0 Å². The van der Waals surface area contributed by atoms with E-state index in [1.54, 1.807) is 6.20 Å². The highest BCUT2D eigenvalue weighted by Gasteiger charge is 2.25. The van der Waals surface area contributed by atoms with Crippen molar-refractivity contribution in [3.05, 3.63) is 48.8 Å². The summed E-state index contributed by atoms with van der Waals surface area (Å²) in [6.45, 7) is 1.94. The molecule has 0 amide bonds. The first-order valence-electron chi connectivity index (χ1n) is 8.28. The maximum absolute atomic E-state index is 4.77. The van der Waals surface area contributed by atoms with Crippen LogP contribution in [0.4, 0.5) is 11.6 Å². The second kappa shape index (κ2) is 6.39. The van der Waals surface area contributed by atoms with Gasteiger partial charge in [0.05, 0.1) is 17.2 Å². The van der Waals surface area contributed by atoms with Crippen molar-refractivity contribution in [2.24, 2.45) is 0 Å². The Hall–Kier alpha value is -2.76. The summed E-state index contributed by atoms with van der Waals surface area (Å²) in [6.07, 6.45) is 5.85. The van der Waals surface area contributed by atoms with Crippen LogP contribution in [-0.2, 0) is 0 Å². The van der Waals surface area contributed by atoms with Crippen LogP contribution in [0.15, 0.2) is 48.8 Å². The number of benzene rings is 1. The van der Waals surface area contributed by atoms with E-state index in [0.29, 0.717) is 6.04 Å². The van der Waals surface area contributed by atoms with Crippen molar-refractivity contribution in [1.29, 1.82) is 0 Å². The lowest BCUT2D eigenvalue weighted by Crippen LogP contribution is -2.47. The first kappa shape index (κ1) is 14.8. The van der Waals surface area contributed by atoms with Crippen molar-refractivity contribution in [3.8, 4) is 0 Å². The number of nitrogens with zero attached hydrogens (tertiary/aromatic N) is 6. The molecule has 1 saturated heterocycles. The summed E-state index contributed by atoms with van der Waals surface area (Å²) < 4.78 is 0. The van der Waals surface area contributed by atoms with Gasteiger partial charge in [0.2, 0.25) is 0 Å². The van der Waals surface area contributed by atoms with Crippen LogP contribution in [0.3, 0.4) is 0 Å². The minimum atomic E-state index is 0.385. The Kier molecular flexibility index (Phi) is 3.94. The molecule has 1 atom stereocenters. The van der Waals surface area contributed by atoms with E-state index in [4.69, 9.17) is 4.98 Å². The van der Waals surface area contributed by atoms with Gasteiger partial charge in [-0.2, -0.15) is 5.10 Å². The summed E-state index contributed by atoms with van der Waals surface area (Å²) >= 11 is 0. The summed E-state index contributed by atoms with van der Waals surface area (Å²) in [5.74, 6) is 1.86. The number of para-hydroxylation sites is 2. The van der Waals surface area contributed by atoms with Gasteiger partial charge in [0.15, 0.2) is 5.82 Å². The number of rotatable bonds is 3. The Morgan fingerprint density at radius 1 is 1.12 bits per heavy atom. The molecule has 0 N–H and O–H groups in total. The number of aromatic nitrogens is 4. The molecular weight excluding hydrogens is 300 g/mol. The Balaban J connectivity index is 1.55. The van der Waals surface area contributed by atoms with E-state index < -0.39 is 0 Å². The lowest BCUT2D eigenvalue weighted by atomic mass is 10.0. The minimum absolute atomic E-state index is 0.385. The monoisotopic (exact) mass is 320 g/mol. The molecular formula is C18H20N6. The van der Waals surface area contributed by atoms with E-state index >= 15 is 0 Å². The molecule has 6 nitrogen and oxygen atoms in total. The fourth-order valence-electron chi connectivity index (χ4n) is 3.25. The molecule has 24 heavy (non-hydrogen) atoms. The van der Waals surface area contributed by atoms with Crippen LogP contribution >= 0.6 is 0 Å².